The number of carbonyl (C=O) groups excluding carboxylic acids is 1. The van der Waals surface area contributed by atoms with Crippen LogP contribution in [0.15, 0.2) is 24.3 Å². The lowest BCUT2D eigenvalue weighted by molar-refractivity contribution is -0.107. The minimum Gasteiger partial charge on any atom is -0.468 e. The molecule has 0 aliphatic carbocycles. The fourth-order valence-electron chi connectivity index (χ4n) is 1.98. The molecule has 0 fully saturated rings. The van der Waals surface area contributed by atoms with E-state index in [0.29, 0.717) is 24.2 Å². The molecule has 2 aromatic carbocycles. The highest BCUT2D eigenvalue weighted by molar-refractivity contribution is 14.1. The third-order valence-electron chi connectivity index (χ3n) is 2.94. The number of hydrogen-bond acceptors (Lipinski definition) is 3. The molecule has 0 saturated heterocycles. The molecule has 2 rings (SSSR count). The molecule has 22 heavy (non-hydrogen) atoms. The van der Waals surface area contributed by atoms with Crippen LogP contribution in [-0.4, -0.2) is 20.2 Å². The summed E-state index contributed by atoms with van der Waals surface area (Å²) in [4.78, 5) is 10.3. The molecule has 2 aromatic rings. The highest BCUT2D eigenvalue weighted by atomic mass is 127. The maximum absolute atomic E-state index is 14.1. The lowest BCUT2D eigenvalue weighted by atomic mass is 10.0. The molecule has 0 radical (unpaired) electrons. The van der Waals surface area contributed by atoms with Crippen LogP contribution >= 0.6 is 22.6 Å². The van der Waals surface area contributed by atoms with Gasteiger partial charge in [-0.25, -0.2) is 4.39 Å². The van der Waals surface area contributed by atoms with Crippen LogP contribution in [-0.2, 0) is 9.53 Å². The van der Waals surface area contributed by atoms with Crippen molar-refractivity contribution in [2.45, 2.75) is 12.8 Å². The lowest BCUT2D eigenvalue weighted by Crippen LogP contribution is -1.99. The summed E-state index contributed by atoms with van der Waals surface area (Å²) in [6, 6.07) is 6.73. The predicted molar refractivity (Wildman–Crippen MR) is 91.3 cm³/mol. The zero-order chi connectivity index (χ0) is 15.9. The minimum atomic E-state index is -0.366. The first-order chi connectivity index (χ1) is 10.7. The molecule has 0 unspecified atom stereocenters. The van der Waals surface area contributed by atoms with E-state index in [0.717, 1.165) is 20.6 Å². The van der Waals surface area contributed by atoms with Gasteiger partial charge in [-0.1, -0.05) is 17.9 Å². The maximum Gasteiger partial charge on any atom is 0.188 e. The summed E-state index contributed by atoms with van der Waals surface area (Å²) in [5.41, 5.74) is 0.353. The van der Waals surface area contributed by atoms with Gasteiger partial charge in [-0.2, -0.15) is 0 Å². The number of carbonyl (C=O) groups is 1. The summed E-state index contributed by atoms with van der Waals surface area (Å²) in [5.74, 6) is 5.97. The number of fused-ring (bicyclic) bond motifs is 1. The summed E-state index contributed by atoms with van der Waals surface area (Å²) in [7, 11) is 1.55. The van der Waals surface area contributed by atoms with Gasteiger partial charge in [0.25, 0.3) is 0 Å². The summed E-state index contributed by atoms with van der Waals surface area (Å²) in [5, 5.41) is 1.60. The van der Waals surface area contributed by atoms with Crippen LogP contribution in [0.25, 0.3) is 10.8 Å². The van der Waals surface area contributed by atoms with Gasteiger partial charge in [-0.05, 0) is 46.2 Å². The van der Waals surface area contributed by atoms with Crippen LogP contribution in [0.1, 0.15) is 18.4 Å². The van der Waals surface area contributed by atoms with Crippen molar-refractivity contribution in [1.29, 1.82) is 0 Å². The van der Waals surface area contributed by atoms with E-state index < -0.39 is 0 Å². The van der Waals surface area contributed by atoms with E-state index in [2.05, 4.69) is 34.4 Å². The van der Waals surface area contributed by atoms with Crippen LogP contribution in [0.5, 0.6) is 5.75 Å². The molecule has 0 aromatic heterocycles. The van der Waals surface area contributed by atoms with Gasteiger partial charge in [-0.3, -0.25) is 0 Å². The van der Waals surface area contributed by atoms with Gasteiger partial charge in [0.05, 0.1) is 5.56 Å². The Labute approximate surface area is 141 Å². The average Bonchev–Trinajstić information content (AvgIpc) is 2.51. The Hall–Kier alpha value is -1.65. The van der Waals surface area contributed by atoms with Crippen molar-refractivity contribution in [2.75, 3.05) is 13.9 Å². The van der Waals surface area contributed by atoms with Crippen LogP contribution in [0, 0.1) is 21.2 Å². The number of halogens is 2. The number of unbranched alkanes of at least 4 members (excludes halogenated alkanes) is 1. The second-order valence-electron chi connectivity index (χ2n) is 4.48. The van der Waals surface area contributed by atoms with Crippen molar-refractivity contribution < 1.29 is 18.7 Å². The Kier molecular flexibility index (Phi) is 6.16. The second-order valence-corrected chi connectivity index (χ2v) is 5.65. The number of methoxy groups -OCH3 is 1. The Morgan fingerprint density at radius 3 is 2.91 bits per heavy atom. The van der Waals surface area contributed by atoms with Crippen molar-refractivity contribution in [3.63, 3.8) is 0 Å². The minimum absolute atomic E-state index is 0.154. The predicted octanol–water partition coefficient (Wildman–Crippen LogP) is 3.90. The zero-order valence-corrected chi connectivity index (χ0v) is 14.1. The fraction of sp³-hybridized carbons (Fsp3) is 0.235. The van der Waals surface area contributed by atoms with E-state index >= 15 is 0 Å². The molecule has 0 saturated carbocycles. The normalized spacial score (nSPS) is 10.1. The number of benzene rings is 2. The summed E-state index contributed by atoms with van der Waals surface area (Å²) in [6.45, 7) is 0.154. The monoisotopic (exact) mass is 412 g/mol. The van der Waals surface area contributed by atoms with E-state index in [4.69, 9.17) is 9.47 Å². The largest absolute Gasteiger partial charge is 0.468 e. The maximum atomic E-state index is 14.1. The first-order valence-corrected chi connectivity index (χ1v) is 7.71. The molecule has 0 N–H and O–H groups in total. The van der Waals surface area contributed by atoms with Crippen LogP contribution in [0.4, 0.5) is 4.39 Å². The molecule has 114 valence electrons. The van der Waals surface area contributed by atoms with Crippen molar-refractivity contribution >= 4 is 39.6 Å². The molecule has 0 spiro atoms. The van der Waals surface area contributed by atoms with Crippen molar-refractivity contribution in [2.24, 2.45) is 0 Å². The molecule has 0 heterocycles. The third-order valence-corrected chi connectivity index (χ3v) is 3.79. The van der Waals surface area contributed by atoms with Gasteiger partial charge >= 0.3 is 0 Å². The fourth-order valence-corrected chi connectivity index (χ4v) is 2.87. The first kappa shape index (κ1) is 16.7. The lowest BCUT2D eigenvalue weighted by Gasteiger charge is -2.10. The first-order valence-electron chi connectivity index (χ1n) is 6.63. The average molecular weight is 412 g/mol. The van der Waals surface area contributed by atoms with Gasteiger partial charge in [0.1, 0.15) is 17.9 Å². The quantitative estimate of drug-likeness (QED) is 0.246. The smallest absolute Gasteiger partial charge is 0.188 e. The topological polar surface area (TPSA) is 35.5 Å². The van der Waals surface area contributed by atoms with Crippen LogP contribution in [0.2, 0.25) is 0 Å². The molecule has 5 heteroatoms. The molecule has 0 bridgehead atoms. The Bertz CT molecular complexity index is 747. The Morgan fingerprint density at radius 1 is 1.36 bits per heavy atom. The van der Waals surface area contributed by atoms with Gasteiger partial charge in [0.15, 0.2) is 6.79 Å². The third kappa shape index (κ3) is 3.96. The molecule has 3 nitrogen and oxygen atoms in total. The number of aldehydes is 1. The van der Waals surface area contributed by atoms with Gasteiger partial charge in [0, 0.05) is 28.9 Å². The Morgan fingerprint density at radius 2 is 2.18 bits per heavy atom. The van der Waals surface area contributed by atoms with Crippen molar-refractivity contribution in [3.8, 4) is 17.6 Å². The van der Waals surface area contributed by atoms with E-state index in [1.807, 2.05) is 12.1 Å². The van der Waals surface area contributed by atoms with E-state index in [1.54, 1.807) is 13.2 Å². The SMILES string of the molecule is COCOc1cc(I)c2c(C#CCCC=O)c(F)ccc2c1. The van der Waals surface area contributed by atoms with Gasteiger partial charge in [0.2, 0.25) is 0 Å². The number of ether oxygens (including phenoxy) is 2. The molecular formula is C17H14FIO3. The van der Waals surface area contributed by atoms with Gasteiger partial charge in [-0.15, -0.1) is 0 Å². The number of rotatable bonds is 5. The highest BCUT2D eigenvalue weighted by Crippen LogP contribution is 2.30. The van der Waals surface area contributed by atoms with E-state index in [9.17, 15) is 9.18 Å². The molecule has 0 aliphatic heterocycles. The molecule has 0 aliphatic rings. The zero-order valence-electron chi connectivity index (χ0n) is 12.0. The van der Waals surface area contributed by atoms with Gasteiger partial charge < -0.3 is 14.3 Å². The standard InChI is InChI=1S/C17H14FIO3/c1-21-11-22-13-9-12-6-7-15(18)14(5-3-2-4-8-20)17(12)16(19)10-13/h6-10H,2,4,11H2,1H3. The summed E-state index contributed by atoms with van der Waals surface area (Å²) < 4.78 is 25.2. The molecule has 0 atom stereocenters. The van der Waals surface area contributed by atoms with E-state index in [1.165, 1.54) is 6.07 Å². The van der Waals surface area contributed by atoms with Crippen molar-refractivity contribution in [1.82, 2.24) is 0 Å². The highest BCUT2D eigenvalue weighted by Gasteiger charge is 2.11. The number of hydrogen-bond donors (Lipinski definition) is 0. The van der Waals surface area contributed by atoms with Crippen LogP contribution < -0.4 is 4.74 Å². The summed E-state index contributed by atoms with van der Waals surface area (Å²) >= 11 is 2.13. The van der Waals surface area contributed by atoms with Crippen molar-refractivity contribution in [3.05, 3.63) is 39.2 Å². The van der Waals surface area contributed by atoms with Crippen LogP contribution in [0.3, 0.4) is 0 Å². The summed E-state index contributed by atoms with van der Waals surface area (Å²) in [6.07, 6.45) is 1.58. The second kappa shape index (κ2) is 8.11. The molecule has 0 amide bonds. The van der Waals surface area contributed by atoms with E-state index in [-0.39, 0.29) is 12.6 Å². The Balaban J connectivity index is 2.48. The molecular weight excluding hydrogens is 398 g/mol.